The van der Waals surface area contributed by atoms with Crippen LogP contribution in [-0.2, 0) is 19.4 Å². The summed E-state index contributed by atoms with van der Waals surface area (Å²) in [4.78, 5) is 0. The van der Waals surface area contributed by atoms with Gasteiger partial charge in [0.2, 0.25) is 0 Å². The zero-order chi connectivity index (χ0) is 10.4. The number of benzene rings is 1. The third kappa shape index (κ3) is 1.08. The molecule has 2 heterocycles. The first-order chi connectivity index (χ1) is 7.33. The summed E-state index contributed by atoms with van der Waals surface area (Å²) in [7, 11) is 0. The van der Waals surface area contributed by atoms with Gasteiger partial charge >= 0.3 is 0 Å². The summed E-state index contributed by atoms with van der Waals surface area (Å²) >= 11 is 0. The molecule has 78 valence electrons. The molecular weight excluding hydrogens is 184 g/mol. The summed E-state index contributed by atoms with van der Waals surface area (Å²) in [5.41, 5.74) is 11.5. The molecule has 0 bridgehead atoms. The lowest BCUT2D eigenvalue weighted by atomic mass is 10.1. The van der Waals surface area contributed by atoms with Gasteiger partial charge in [-0.3, -0.25) is 0 Å². The van der Waals surface area contributed by atoms with Crippen LogP contribution >= 0.6 is 0 Å². The highest BCUT2D eigenvalue weighted by Gasteiger charge is 2.20. The molecule has 0 saturated heterocycles. The van der Waals surface area contributed by atoms with E-state index in [1.165, 1.54) is 34.1 Å². The van der Waals surface area contributed by atoms with Crippen LogP contribution in [0.2, 0.25) is 0 Å². The largest absolute Gasteiger partial charge is 0.344 e. The van der Waals surface area contributed by atoms with Crippen LogP contribution in [0.5, 0.6) is 0 Å². The molecule has 0 unspecified atom stereocenters. The molecule has 0 aliphatic carbocycles. The molecule has 2 heteroatoms. The Kier molecular flexibility index (Phi) is 1.86. The van der Waals surface area contributed by atoms with Crippen molar-refractivity contribution in [2.45, 2.75) is 26.3 Å². The minimum absolute atomic E-state index is 0.743. The summed E-state index contributed by atoms with van der Waals surface area (Å²) in [6.07, 6.45) is 2.18. The maximum Gasteiger partial charge on any atom is 0.0518 e. The van der Waals surface area contributed by atoms with Gasteiger partial charge < -0.3 is 10.3 Å². The average molecular weight is 200 g/mol. The number of hydrogen-bond acceptors (Lipinski definition) is 1. The van der Waals surface area contributed by atoms with E-state index in [-0.39, 0.29) is 0 Å². The number of rotatable bonds is 2. The Morgan fingerprint density at radius 3 is 3.07 bits per heavy atom. The van der Waals surface area contributed by atoms with Gasteiger partial charge in [0.1, 0.15) is 0 Å². The second-order valence-electron chi connectivity index (χ2n) is 4.33. The number of hydrogen-bond donors (Lipinski definition) is 1. The quantitative estimate of drug-likeness (QED) is 0.790. The number of nitrogens with zero attached hydrogens (tertiary/aromatic N) is 1. The van der Waals surface area contributed by atoms with Gasteiger partial charge in [0.15, 0.2) is 0 Å². The van der Waals surface area contributed by atoms with Gasteiger partial charge in [0, 0.05) is 24.0 Å². The van der Waals surface area contributed by atoms with Gasteiger partial charge in [-0.1, -0.05) is 18.2 Å². The second kappa shape index (κ2) is 3.11. The van der Waals surface area contributed by atoms with Gasteiger partial charge in [0.25, 0.3) is 0 Å². The smallest absolute Gasteiger partial charge is 0.0518 e. The molecule has 1 aromatic heterocycles. The molecule has 15 heavy (non-hydrogen) atoms. The Morgan fingerprint density at radius 1 is 1.40 bits per heavy atom. The van der Waals surface area contributed by atoms with Crippen LogP contribution in [0.3, 0.4) is 0 Å². The van der Waals surface area contributed by atoms with Gasteiger partial charge in [-0.2, -0.15) is 0 Å². The Morgan fingerprint density at radius 2 is 2.27 bits per heavy atom. The molecule has 1 aliphatic rings. The van der Waals surface area contributed by atoms with Crippen LogP contribution in [0.15, 0.2) is 18.2 Å². The number of aryl methyl sites for hydroxylation is 3. The van der Waals surface area contributed by atoms with Crippen molar-refractivity contribution in [1.82, 2.24) is 4.57 Å². The predicted molar refractivity (Wildman–Crippen MR) is 63.1 cm³/mol. The van der Waals surface area contributed by atoms with Gasteiger partial charge in [-0.15, -0.1) is 0 Å². The summed E-state index contributed by atoms with van der Waals surface area (Å²) in [5.74, 6) is 0. The number of nitrogens with two attached hydrogens (primary N) is 1. The van der Waals surface area contributed by atoms with E-state index >= 15 is 0 Å². The van der Waals surface area contributed by atoms with Crippen molar-refractivity contribution >= 4 is 10.9 Å². The zero-order valence-electron chi connectivity index (χ0n) is 9.09. The van der Waals surface area contributed by atoms with Crippen molar-refractivity contribution in [3.8, 4) is 0 Å². The predicted octanol–water partition coefficient (Wildman–Crippen LogP) is 2.01. The molecule has 3 rings (SSSR count). The third-order valence-corrected chi connectivity index (χ3v) is 3.54. The number of para-hydroxylation sites is 1. The van der Waals surface area contributed by atoms with E-state index in [0.29, 0.717) is 0 Å². The van der Waals surface area contributed by atoms with E-state index in [1.807, 2.05) is 0 Å². The minimum atomic E-state index is 0.743. The molecule has 2 N–H and O–H groups in total. The molecule has 2 aromatic rings. The van der Waals surface area contributed by atoms with Gasteiger partial charge in [0.05, 0.1) is 5.52 Å². The molecule has 0 radical (unpaired) electrons. The van der Waals surface area contributed by atoms with Crippen molar-refractivity contribution < 1.29 is 0 Å². The minimum Gasteiger partial charge on any atom is -0.344 e. The fourth-order valence-electron chi connectivity index (χ4n) is 2.85. The number of aromatic nitrogens is 1. The van der Waals surface area contributed by atoms with Gasteiger partial charge in [-0.05, 0) is 31.0 Å². The highest BCUT2D eigenvalue weighted by molar-refractivity contribution is 5.89. The molecule has 0 spiro atoms. The SMILES string of the molecule is Cc1c(CCN)n2c3c(cccc13)CC2. The summed E-state index contributed by atoms with van der Waals surface area (Å²) in [6.45, 7) is 4.10. The first kappa shape index (κ1) is 8.98. The first-order valence-corrected chi connectivity index (χ1v) is 5.62. The lowest BCUT2D eigenvalue weighted by Crippen LogP contribution is -2.08. The molecule has 1 aliphatic heterocycles. The second-order valence-corrected chi connectivity index (χ2v) is 4.33. The zero-order valence-corrected chi connectivity index (χ0v) is 9.09. The molecule has 2 nitrogen and oxygen atoms in total. The van der Waals surface area contributed by atoms with E-state index < -0.39 is 0 Å². The van der Waals surface area contributed by atoms with E-state index in [9.17, 15) is 0 Å². The van der Waals surface area contributed by atoms with Crippen molar-refractivity contribution in [2.75, 3.05) is 6.54 Å². The molecule has 1 aromatic carbocycles. The molecule has 0 fully saturated rings. The molecule has 0 saturated carbocycles. The lowest BCUT2D eigenvalue weighted by molar-refractivity contribution is 0.713. The molecule has 0 amide bonds. The first-order valence-electron chi connectivity index (χ1n) is 5.62. The Bertz CT molecular complexity index is 523. The maximum atomic E-state index is 5.68. The van der Waals surface area contributed by atoms with Crippen LogP contribution < -0.4 is 5.73 Å². The normalized spacial score (nSPS) is 14.0. The van der Waals surface area contributed by atoms with Crippen LogP contribution in [0.4, 0.5) is 0 Å². The van der Waals surface area contributed by atoms with E-state index in [4.69, 9.17) is 5.73 Å². The summed E-state index contributed by atoms with van der Waals surface area (Å²) in [5, 5.41) is 1.42. The summed E-state index contributed by atoms with van der Waals surface area (Å²) in [6, 6.07) is 6.65. The van der Waals surface area contributed by atoms with E-state index in [1.54, 1.807) is 0 Å². The van der Waals surface area contributed by atoms with E-state index in [2.05, 4.69) is 29.7 Å². The van der Waals surface area contributed by atoms with Crippen LogP contribution in [-0.4, -0.2) is 11.1 Å². The Labute approximate surface area is 89.7 Å². The lowest BCUT2D eigenvalue weighted by Gasteiger charge is -2.05. The fourth-order valence-corrected chi connectivity index (χ4v) is 2.85. The van der Waals surface area contributed by atoms with Crippen LogP contribution in [0.1, 0.15) is 16.8 Å². The van der Waals surface area contributed by atoms with Crippen molar-refractivity contribution in [3.05, 3.63) is 35.0 Å². The maximum absolute atomic E-state index is 5.68. The van der Waals surface area contributed by atoms with Crippen LogP contribution in [0, 0.1) is 6.92 Å². The van der Waals surface area contributed by atoms with E-state index in [0.717, 1.165) is 19.5 Å². The Hall–Kier alpha value is -1.28. The summed E-state index contributed by atoms with van der Waals surface area (Å²) < 4.78 is 2.47. The fraction of sp³-hybridized carbons (Fsp3) is 0.385. The standard InChI is InChI=1S/C13H16N2/c1-9-11-4-2-3-10-6-8-15(13(10)11)12(9)5-7-14/h2-4H,5-8,14H2,1H3. The molecular formula is C13H16N2. The van der Waals surface area contributed by atoms with Crippen LogP contribution in [0.25, 0.3) is 10.9 Å². The molecule has 0 atom stereocenters. The third-order valence-electron chi connectivity index (χ3n) is 3.54. The van der Waals surface area contributed by atoms with Gasteiger partial charge in [-0.25, -0.2) is 0 Å². The van der Waals surface area contributed by atoms with Crippen molar-refractivity contribution in [1.29, 1.82) is 0 Å². The highest BCUT2D eigenvalue weighted by Crippen LogP contribution is 2.33. The van der Waals surface area contributed by atoms with Crippen molar-refractivity contribution in [3.63, 3.8) is 0 Å². The van der Waals surface area contributed by atoms with Crippen molar-refractivity contribution in [2.24, 2.45) is 5.73 Å². The average Bonchev–Trinajstić information content (AvgIpc) is 2.78. The topological polar surface area (TPSA) is 30.9 Å². The Balaban J connectivity index is 2.37. The monoisotopic (exact) mass is 200 g/mol. The highest BCUT2D eigenvalue weighted by atomic mass is 15.0.